The van der Waals surface area contributed by atoms with Crippen molar-refractivity contribution >= 4 is 26.7 Å². The van der Waals surface area contributed by atoms with E-state index in [-0.39, 0.29) is 40.0 Å². The third kappa shape index (κ3) is 3.54. The Bertz CT molecular complexity index is 475. The Balaban J connectivity index is 2.34. The molecular weight excluding hydrogens is 448 g/mol. The molecule has 2 aliphatic heterocycles. The maximum absolute atomic E-state index is 11.4. The molecule has 0 aromatic rings. The van der Waals surface area contributed by atoms with E-state index in [1.807, 2.05) is 12.2 Å². The van der Waals surface area contributed by atoms with Gasteiger partial charge < -0.3 is 0 Å². The number of rotatable bonds is 1. The number of hydrogen-bond donors (Lipinski definition) is 1. The van der Waals surface area contributed by atoms with Crippen LogP contribution in [-0.4, -0.2) is 15.8 Å². The average Bonchev–Trinajstić information content (AvgIpc) is 2.39. The number of carbonyl (C=O) groups is 1. The zero-order valence-corrected chi connectivity index (χ0v) is 13.7. The second-order valence-corrected chi connectivity index (χ2v) is 12.6. The van der Waals surface area contributed by atoms with Gasteiger partial charge in [0.25, 0.3) is 0 Å². The number of allylic oxidation sites excluding steroid dienone is 2. The molecule has 2 N–H and O–H groups in total. The number of esters is 1. The van der Waals surface area contributed by atoms with Crippen LogP contribution in [0.4, 0.5) is 0 Å². The van der Waals surface area contributed by atoms with E-state index in [9.17, 15) is 4.79 Å². The molecule has 0 saturated heterocycles. The van der Waals surface area contributed by atoms with Gasteiger partial charge in [0.1, 0.15) is 0 Å². The Morgan fingerprint density at radius 1 is 1.35 bits per heavy atom. The normalized spacial score (nSPS) is 23.6. The number of halogens is 2. The molecule has 0 radical (unpaired) electrons. The molecule has 0 amide bonds. The van der Waals surface area contributed by atoms with Gasteiger partial charge in [-0.15, -0.1) is 0 Å². The van der Waals surface area contributed by atoms with Crippen molar-refractivity contribution in [2.45, 2.75) is 19.6 Å². The fourth-order valence-electron chi connectivity index (χ4n) is 1.37. The maximum atomic E-state index is 11.4. The standard InChI is InChI=1S/C11H12I2NO3/c1-11(2)16-8(6-10(15)17-11)7-3-4-12-13-9(14)5-7/h3-6H,14H2,1-2H3/q-1. The molecule has 94 valence electrons. The van der Waals surface area contributed by atoms with Crippen LogP contribution in [0.25, 0.3) is 0 Å². The molecule has 4 nitrogen and oxygen atoms in total. The van der Waals surface area contributed by atoms with E-state index in [0.29, 0.717) is 5.76 Å². The summed E-state index contributed by atoms with van der Waals surface area (Å²) in [5.74, 6) is -0.751. The summed E-state index contributed by atoms with van der Waals surface area (Å²) in [7, 11) is 0. The average molecular weight is 460 g/mol. The summed E-state index contributed by atoms with van der Waals surface area (Å²) in [4.78, 5) is 11.4. The zero-order chi connectivity index (χ0) is 12.5. The first kappa shape index (κ1) is 13.1. The van der Waals surface area contributed by atoms with Gasteiger partial charge in [-0.05, 0) is 0 Å². The van der Waals surface area contributed by atoms with Crippen molar-refractivity contribution in [3.8, 4) is 0 Å². The monoisotopic (exact) mass is 460 g/mol. The van der Waals surface area contributed by atoms with Crippen molar-refractivity contribution in [1.29, 1.82) is 0 Å². The van der Waals surface area contributed by atoms with E-state index in [1.165, 1.54) is 6.08 Å². The Labute approximate surface area is 116 Å². The van der Waals surface area contributed by atoms with Crippen LogP contribution in [0, 0.1) is 0 Å². The molecule has 2 aliphatic rings. The van der Waals surface area contributed by atoms with Gasteiger partial charge in [0.2, 0.25) is 0 Å². The molecule has 0 atom stereocenters. The Hall–Kier alpha value is -0.380. The first-order chi connectivity index (χ1) is 7.96. The van der Waals surface area contributed by atoms with Gasteiger partial charge in [-0.3, -0.25) is 0 Å². The summed E-state index contributed by atoms with van der Waals surface area (Å²) in [6.45, 7) is 3.43. The Morgan fingerprint density at radius 3 is 2.82 bits per heavy atom. The number of cyclic esters (lactones) is 1. The van der Waals surface area contributed by atoms with Crippen LogP contribution in [0.1, 0.15) is 13.8 Å². The summed E-state index contributed by atoms with van der Waals surface area (Å²) in [5, 5.41) is 0. The van der Waals surface area contributed by atoms with E-state index in [4.69, 9.17) is 15.2 Å². The number of carbonyl (C=O) groups excluding carboxylic acids is 1. The Morgan fingerprint density at radius 2 is 2.12 bits per heavy atom. The molecule has 17 heavy (non-hydrogen) atoms. The van der Waals surface area contributed by atoms with Gasteiger partial charge in [0.05, 0.1) is 0 Å². The molecule has 0 spiro atoms. The van der Waals surface area contributed by atoms with Gasteiger partial charge in [0, 0.05) is 0 Å². The van der Waals surface area contributed by atoms with Crippen molar-refractivity contribution in [2.75, 3.05) is 0 Å². The summed E-state index contributed by atoms with van der Waals surface area (Å²) >= 11 is 0.0594. The number of ether oxygens (including phenoxy) is 2. The van der Waals surface area contributed by atoms with Gasteiger partial charge >= 0.3 is 117 Å². The van der Waals surface area contributed by atoms with Gasteiger partial charge in [0.15, 0.2) is 0 Å². The third-order valence-corrected chi connectivity index (χ3v) is 10.2. The van der Waals surface area contributed by atoms with Gasteiger partial charge in [-0.1, -0.05) is 0 Å². The van der Waals surface area contributed by atoms with Crippen molar-refractivity contribution in [3.63, 3.8) is 0 Å². The predicted octanol–water partition coefficient (Wildman–Crippen LogP) is -1.30. The first-order valence-corrected chi connectivity index (χ1v) is 13.5. The summed E-state index contributed by atoms with van der Waals surface area (Å²) in [6.07, 6.45) is 5.28. The molecule has 2 rings (SSSR count). The van der Waals surface area contributed by atoms with Crippen LogP contribution in [0.3, 0.4) is 0 Å². The van der Waals surface area contributed by atoms with Crippen LogP contribution in [0.5, 0.6) is 0 Å². The number of hydrogen-bond acceptors (Lipinski definition) is 4. The van der Waals surface area contributed by atoms with Crippen molar-refractivity contribution in [2.24, 2.45) is 5.73 Å². The second kappa shape index (κ2) is 5.09. The SMILES string of the molecule is CC1(C)OC(=O)C=C(C2=CC=I[I-]C(N)=C2)O1. The van der Waals surface area contributed by atoms with Crippen LogP contribution >= 0.6 is 16.8 Å². The predicted molar refractivity (Wildman–Crippen MR) is 69.8 cm³/mol. The van der Waals surface area contributed by atoms with Crippen LogP contribution in [-0.2, 0) is 14.3 Å². The summed E-state index contributed by atoms with van der Waals surface area (Å²) in [5.41, 5.74) is 6.78. The van der Waals surface area contributed by atoms with E-state index < -0.39 is 5.79 Å². The molecule has 0 saturated carbocycles. The molecule has 2 heterocycles. The van der Waals surface area contributed by atoms with Crippen molar-refractivity contribution in [1.82, 2.24) is 0 Å². The minimum atomic E-state index is -0.916. The van der Waals surface area contributed by atoms with E-state index >= 15 is 0 Å². The van der Waals surface area contributed by atoms with E-state index in [0.717, 1.165) is 9.28 Å². The first-order valence-electron chi connectivity index (χ1n) is 4.89. The third-order valence-electron chi connectivity index (χ3n) is 1.94. The molecule has 0 aliphatic carbocycles. The zero-order valence-electron chi connectivity index (χ0n) is 9.37. The van der Waals surface area contributed by atoms with E-state index in [1.54, 1.807) is 13.8 Å². The molecular formula is C11H12I2NO3-. The number of nitrogens with two attached hydrogens (primary N) is 1. The molecule has 0 unspecified atom stereocenters. The fraction of sp³-hybridized carbons (Fsp3) is 0.273. The minimum absolute atomic E-state index is 0.0186. The summed E-state index contributed by atoms with van der Waals surface area (Å²) in [6, 6.07) is 0. The van der Waals surface area contributed by atoms with Crippen LogP contribution < -0.4 is 23.0 Å². The summed E-state index contributed by atoms with van der Waals surface area (Å²) < 4.78 is 13.8. The van der Waals surface area contributed by atoms with Crippen molar-refractivity contribution in [3.05, 3.63) is 33.3 Å². The van der Waals surface area contributed by atoms with Crippen LogP contribution in [0.15, 0.2) is 33.3 Å². The van der Waals surface area contributed by atoms with Crippen LogP contribution in [0.2, 0.25) is 0 Å². The van der Waals surface area contributed by atoms with Gasteiger partial charge in [-0.25, -0.2) is 0 Å². The molecule has 0 fully saturated rings. The fourth-order valence-corrected chi connectivity index (χ4v) is 7.19. The Kier molecular flexibility index (Phi) is 3.91. The molecule has 0 aromatic heterocycles. The second-order valence-electron chi connectivity index (χ2n) is 3.86. The quantitative estimate of drug-likeness (QED) is 0.301. The van der Waals surface area contributed by atoms with Gasteiger partial charge in [-0.2, -0.15) is 0 Å². The van der Waals surface area contributed by atoms with E-state index in [2.05, 4.69) is 4.01 Å². The van der Waals surface area contributed by atoms with Crippen molar-refractivity contribution < 1.29 is 31.5 Å². The molecule has 0 aromatic carbocycles. The topological polar surface area (TPSA) is 61.5 Å². The molecule has 0 bridgehead atoms. The molecule has 6 heteroatoms.